The SMILES string of the molecule is Cc1cc2ncn(C(CO)C(N)C(C)C)c2cc1C. The fraction of sp³-hybridized carbons (Fsp3) is 0.533. The summed E-state index contributed by atoms with van der Waals surface area (Å²) in [6.07, 6.45) is 1.78. The van der Waals surface area contributed by atoms with E-state index in [0.717, 1.165) is 11.0 Å². The summed E-state index contributed by atoms with van der Waals surface area (Å²) in [7, 11) is 0. The van der Waals surface area contributed by atoms with E-state index in [4.69, 9.17) is 5.73 Å². The predicted octanol–water partition coefficient (Wildman–Crippen LogP) is 2.17. The molecular weight excluding hydrogens is 238 g/mol. The van der Waals surface area contributed by atoms with Crippen molar-refractivity contribution < 1.29 is 5.11 Å². The monoisotopic (exact) mass is 261 g/mol. The van der Waals surface area contributed by atoms with Crippen LogP contribution >= 0.6 is 0 Å². The molecular formula is C15H23N3O. The van der Waals surface area contributed by atoms with Gasteiger partial charge in [-0.3, -0.25) is 0 Å². The van der Waals surface area contributed by atoms with Gasteiger partial charge in [0.2, 0.25) is 0 Å². The van der Waals surface area contributed by atoms with Gasteiger partial charge in [-0.15, -0.1) is 0 Å². The molecule has 0 bridgehead atoms. The van der Waals surface area contributed by atoms with Crippen molar-refractivity contribution >= 4 is 11.0 Å². The number of nitrogens with zero attached hydrogens (tertiary/aromatic N) is 2. The Balaban J connectivity index is 2.52. The third-order valence-electron chi connectivity index (χ3n) is 3.95. The fourth-order valence-electron chi connectivity index (χ4n) is 2.39. The van der Waals surface area contributed by atoms with Gasteiger partial charge >= 0.3 is 0 Å². The molecule has 4 heteroatoms. The van der Waals surface area contributed by atoms with Gasteiger partial charge in [-0.2, -0.15) is 0 Å². The van der Waals surface area contributed by atoms with Crippen LogP contribution in [0.15, 0.2) is 18.5 Å². The van der Waals surface area contributed by atoms with Crippen LogP contribution in [0.1, 0.15) is 31.0 Å². The highest BCUT2D eigenvalue weighted by Gasteiger charge is 2.23. The van der Waals surface area contributed by atoms with Gasteiger partial charge in [0.15, 0.2) is 0 Å². The number of rotatable bonds is 4. The molecule has 2 atom stereocenters. The van der Waals surface area contributed by atoms with Gasteiger partial charge in [0.1, 0.15) is 0 Å². The molecule has 1 aromatic carbocycles. The van der Waals surface area contributed by atoms with Gasteiger partial charge in [-0.1, -0.05) is 13.8 Å². The zero-order valence-electron chi connectivity index (χ0n) is 12.1. The van der Waals surface area contributed by atoms with Gasteiger partial charge in [0, 0.05) is 6.04 Å². The first-order chi connectivity index (χ1) is 8.95. The Morgan fingerprint density at radius 3 is 2.47 bits per heavy atom. The lowest BCUT2D eigenvalue weighted by molar-refractivity contribution is 0.191. The Bertz CT molecular complexity index is 574. The Labute approximate surface area is 114 Å². The molecule has 0 radical (unpaired) electrons. The summed E-state index contributed by atoms with van der Waals surface area (Å²) in [5, 5.41) is 9.67. The zero-order chi connectivity index (χ0) is 14.2. The molecule has 0 fully saturated rings. The number of aliphatic hydroxyl groups is 1. The van der Waals surface area contributed by atoms with Crippen LogP contribution in [0.25, 0.3) is 11.0 Å². The molecule has 2 rings (SSSR count). The molecule has 1 aromatic heterocycles. The van der Waals surface area contributed by atoms with Crippen LogP contribution in [0.2, 0.25) is 0 Å². The molecule has 0 saturated carbocycles. The molecule has 4 nitrogen and oxygen atoms in total. The number of benzene rings is 1. The minimum atomic E-state index is -0.132. The lowest BCUT2D eigenvalue weighted by Gasteiger charge is -2.27. The molecule has 0 spiro atoms. The first-order valence-electron chi connectivity index (χ1n) is 6.76. The number of hydrogen-bond acceptors (Lipinski definition) is 3. The Kier molecular flexibility index (Phi) is 3.92. The lowest BCUT2D eigenvalue weighted by atomic mass is 9.97. The third kappa shape index (κ3) is 2.51. The highest BCUT2D eigenvalue weighted by Crippen LogP contribution is 2.24. The van der Waals surface area contributed by atoms with Crippen molar-refractivity contribution in [3.63, 3.8) is 0 Å². The number of aliphatic hydroxyl groups excluding tert-OH is 1. The van der Waals surface area contributed by atoms with Crippen LogP contribution in [0.5, 0.6) is 0 Å². The molecule has 1 heterocycles. The van der Waals surface area contributed by atoms with E-state index in [1.807, 2.05) is 4.57 Å². The predicted molar refractivity (Wildman–Crippen MR) is 78.1 cm³/mol. The average molecular weight is 261 g/mol. The number of nitrogens with two attached hydrogens (primary N) is 1. The lowest BCUT2D eigenvalue weighted by Crippen LogP contribution is -2.38. The van der Waals surface area contributed by atoms with Crippen molar-refractivity contribution in [1.29, 1.82) is 0 Å². The van der Waals surface area contributed by atoms with E-state index in [-0.39, 0.29) is 18.7 Å². The molecule has 0 aliphatic carbocycles. The summed E-state index contributed by atoms with van der Waals surface area (Å²) < 4.78 is 2.01. The standard InChI is InChI=1S/C15H23N3O/c1-9(2)15(16)14(7-19)18-8-17-12-5-10(3)11(4)6-13(12)18/h5-6,8-9,14-15,19H,7,16H2,1-4H3. The summed E-state index contributed by atoms with van der Waals surface area (Å²) in [6, 6.07) is 3.97. The normalized spacial score (nSPS) is 15.1. The Morgan fingerprint density at radius 2 is 1.89 bits per heavy atom. The smallest absolute Gasteiger partial charge is 0.0962 e. The van der Waals surface area contributed by atoms with Crippen LogP contribution in [0, 0.1) is 19.8 Å². The highest BCUT2D eigenvalue weighted by atomic mass is 16.3. The first kappa shape index (κ1) is 14.0. The Hall–Kier alpha value is -1.39. The third-order valence-corrected chi connectivity index (χ3v) is 3.95. The first-order valence-corrected chi connectivity index (χ1v) is 6.76. The minimum Gasteiger partial charge on any atom is -0.394 e. The van der Waals surface area contributed by atoms with E-state index in [9.17, 15) is 5.11 Å². The van der Waals surface area contributed by atoms with E-state index >= 15 is 0 Å². The maximum atomic E-state index is 9.67. The molecule has 0 saturated heterocycles. The van der Waals surface area contributed by atoms with E-state index in [0.29, 0.717) is 5.92 Å². The van der Waals surface area contributed by atoms with Gasteiger partial charge in [-0.25, -0.2) is 4.98 Å². The topological polar surface area (TPSA) is 64.1 Å². The van der Waals surface area contributed by atoms with Crippen LogP contribution in [-0.2, 0) is 0 Å². The molecule has 0 amide bonds. The quantitative estimate of drug-likeness (QED) is 0.886. The molecule has 0 aliphatic rings. The average Bonchev–Trinajstić information content (AvgIpc) is 2.74. The van der Waals surface area contributed by atoms with Gasteiger partial charge in [0.25, 0.3) is 0 Å². The van der Waals surface area contributed by atoms with Gasteiger partial charge in [-0.05, 0) is 43.0 Å². The van der Waals surface area contributed by atoms with Crippen molar-refractivity contribution in [3.05, 3.63) is 29.6 Å². The van der Waals surface area contributed by atoms with E-state index in [1.165, 1.54) is 11.1 Å². The zero-order valence-corrected chi connectivity index (χ0v) is 12.1. The second-order valence-electron chi connectivity index (χ2n) is 5.65. The van der Waals surface area contributed by atoms with Crippen LogP contribution in [0.3, 0.4) is 0 Å². The van der Waals surface area contributed by atoms with Crippen LogP contribution in [0.4, 0.5) is 0 Å². The van der Waals surface area contributed by atoms with Crippen molar-refractivity contribution in [3.8, 4) is 0 Å². The number of fused-ring (bicyclic) bond motifs is 1. The Morgan fingerprint density at radius 1 is 1.26 bits per heavy atom. The number of imidazole rings is 1. The van der Waals surface area contributed by atoms with Crippen molar-refractivity contribution in [2.45, 2.75) is 39.8 Å². The summed E-state index contributed by atoms with van der Waals surface area (Å²) in [6.45, 7) is 8.33. The second-order valence-corrected chi connectivity index (χ2v) is 5.65. The van der Waals surface area contributed by atoms with Crippen molar-refractivity contribution in [1.82, 2.24) is 9.55 Å². The molecule has 2 aromatic rings. The van der Waals surface area contributed by atoms with Crippen LogP contribution in [-0.4, -0.2) is 27.3 Å². The molecule has 3 N–H and O–H groups in total. The van der Waals surface area contributed by atoms with E-state index in [1.54, 1.807) is 6.33 Å². The summed E-state index contributed by atoms with van der Waals surface area (Å²) in [5.74, 6) is 0.307. The number of aromatic nitrogens is 2. The summed E-state index contributed by atoms with van der Waals surface area (Å²) >= 11 is 0. The maximum Gasteiger partial charge on any atom is 0.0962 e. The van der Waals surface area contributed by atoms with Gasteiger partial charge in [0.05, 0.1) is 30.0 Å². The highest BCUT2D eigenvalue weighted by molar-refractivity contribution is 5.77. The van der Waals surface area contributed by atoms with Gasteiger partial charge < -0.3 is 15.4 Å². The van der Waals surface area contributed by atoms with E-state index < -0.39 is 0 Å². The van der Waals surface area contributed by atoms with Crippen molar-refractivity contribution in [2.24, 2.45) is 11.7 Å². The second kappa shape index (κ2) is 5.31. The molecule has 104 valence electrons. The number of hydrogen-bond donors (Lipinski definition) is 2. The minimum absolute atomic E-state index is 0.0255. The van der Waals surface area contributed by atoms with E-state index in [2.05, 4.69) is 44.8 Å². The maximum absolute atomic E-state index is 9.67. The summed E-state index contributed by atoms with van der Waals surface area (Å²) in [4.78, 5) is 4.43. The largest absolute Gasteiger partial charge is 0.394 e. The molecule has 0 aliphatic heterocycles. The number of aryl methyl sites for hydroxylation is 2. The molecule has 2 unspecified atom stereocenters. The fourth-order valence-corrected chi connectivity index (χ4v) is 2.39. The van der Waals surface area contributed by atoms with Crippen LogP contribution < -0.4 is 5.73 Å². The molecule has 19 heavy (non-hydrogen) atoms. The summed E-state index contributed by atoms with van der Waals surface area (Å²) in [5.41, 5.74) is 10.7. The van der Waals surface area contributed by atoms with Crippen molar-refractivity contribution in [2.75, 3.05) is 6.61 Å².